The van der Waals surface area contributed by atoms with Crippen molar-refractivity contribution in [3.63, 3.8) is 0 Å². The predicted octanol–water partition coefficient (Wildman–Crippen LogP) is 1.99. The number of rotatable bonds is 9. The first kappa shape index (κ1) is 24.0. The van der Waals surface area contributed by atoms with E-state index < -0.39 is 5.97 Å². The smallest absolute Gasteiger partial charge is 0.333 e. The van der Waals surface area contributed by atoms with Crippen LogP contribution in [-0.4, -0.2) is 56.8 Å². The van der Waals surface area contributed by atoms with Crippen molar-refractivity contribution in [3.05, 3.63) is 42.2 Å². The molecule has 0 aliphatic rings. The van der Waals surface area contributed by atoms with Crippen LogP contribution in [-0.2, 0) is 14.3 Å². The molecule has 146 valence electrons. The Kier molecular flexibility index (Phi) is 10.6. The Labute approximate surface area is 157 Å². The van der Waals surface area contributed by atoms with Crippen molar-refractivity contribution in [2.45, 2.75) is 26.4 Å². The Morgan fingerprint density at radius 3 is 2.19 bits per heavy atom. The molecular formula is C19H30NO5P. The average molecular weight is 383 g/mol. The van der Waals surface area contributed by atoms with Gasteiger partial charge in [0.2, 0.25) is 0 Å². The SMILES string of the molecule is C=C(C)C(=O)OCCC(C[N+](C)(C)C)Oc1ccc[pH]1.C=C(C)C(=O)[O-]. The number of likely N-dealkylation sites (N-methyl/N-ethyl adjacent to an activating group) is 1. The number of nitrogens with zero attached hydrogens (tertiary/aromatic N) is 1. The normalized spacial score (nSPS) is 11.9. The van der Waals surface area contributed by atoms with E-state index in [2.05, 4.69) is 40.1 Å². The summed E-state index contributed by atoms with van der Waals surface area (Å²) in [5.74, 6) is 0.576. The number of hydrogen-bond acceptors (Lipinski definition) is 5. The van der Waals surface area contributed by atoms with Crippen LogP contribution in [0.25, 0.3) is 0 Å². The molecule has 0 saturated heterocycles. The lowest BCUT2D eigenvalue weighted by molar-refractivity contribution is -0.873. The molecule has 1 heterocycles. The fourth-order valence-corrected chi connectivity index (χ4v) is 2.56. The second-order valence-electron chi connectivity index (χ2n) is 7.02. The van der Waals surface area contributed by atoms with E-state index in [-0.39, 0.29) is 17.6 Å². The Bertz CT molecular complexity index is 590. The van der Waals surface area contributed by atoms with Crippen molar-refractivity contribution in [1.29, 1.82) is 0 Å². The molecule has 0 aliphatic carbocycles. The quantitative estimate of drug-likeness (QED) is 0.370. The van der Waals surface area contributed by atoms with E-state index in [1.807, 2.05) is 12.1 Å². The van der Waals surface area contributed by atoms with Crippen LogP contribution in [0.4, 0.5) is 0 Å². The summed E-state index contributed by atoms with van der Waals surface area (Å²) in [6.07, 6.45) is 0.739. The molecule has 7 heteroatoms. The third-order valence-corrected chi connectivity index (χ3v) is 3.91. The van der Waals surface area contributed by atoms with Gasteiger partial charge in [-0.15, -0.1) is 0 Å². The zero-order valence-corrected chi connectivity index (χ0v) is 17.3. The average Bonchev–Trinajstić information content (AvgIpc) is 2.98. The van der Waals surface area contributed by atoms with Crippen LogP contribution in [0.2, 0.25) is 0 Å². The highest BCUT2D eigenvalue weighted by atomic mass is 31.0. The van der Waals surface area contributed by atoms with Crippen molar-refractivity contribution < 1.29 is 28.7 Å². The van der Waals surface area contributed by atoms with Gasteiger partial charge in [-0.1, -0.05) is 27.4 Å². The summed E-state index contributed by atoms with van der Waals surface area (Å²) in [4.78, 5) is 20.9. The fourth-order valence-electron chi connectivity index (χ4n) is 1.77. The minimum absolute atomic E-state index is 0.0478. The number of carboxylic acids is 1. The third-order valence-electron chi connectivity index (χ3n) is 2.98. The minimum Gasteiger partial charge on any atom is -0.545 e. The fraction of sp³-hybridized carbons (Fsp3) is 0.474. The molecule has 0 N–H and O–H groups in total. The molecule has 0 fully saturated rings. The van der Waals surface area contributed by atoms with Crippen LogP contribution < -0.4 is 9.84 Å². The molecule has 0 spiro atoms. The number of carbonyl (C=O) groups is 2. The number of esters is 1. The predicted molar refractivity (Wildman–Crippen MR) is 103 cm³/mol. The number of carboxylic acid groups (broad SMARTS) is 1. The molecule has 2 unspecified atom stereocenters. The number of hydrogen-bond donors (Lipinski definition) is 0. The molecule has 6 nitrogen and oxygen atoms in total. The first-order valence-electron chi connectivity index (χ1n) is 8.22. The summed E-state index contributed by atoms with van der Waals surface area (Å²) in [6, 6.07) is 4.01. The Morgan fingerprint density at radius 2 is 1.81 bits per heavy atom. The molecule has 0 saturated carbocycles. The van der Waals surface area contributed by atoms with Crippen LogP contribution in [0.5, 0.6) is 5.48 Å². The summed E-state index contributed by atoms with van der Waals surface area (Å²) >= 11 is 0. The van der Waals surface area contributed by atoms with Gasteiger partial charge in [-0.2, -0.15) is 0 Å². The van der Waals surface area contributed by atoms with Gasteiger partial charge >= 0.3 is 5.97 Å². The van der Waals surface area contributed by atoms with E-state index in [1.165, 1.54) is 6.92 Å². The van der Waals surface area contributed by atoms with E-state index in [4.69, 9.17) is 9.47 Å². The lowest BCUT2D eigenvalue weighted by Crippen LogP contribution is -2.43. The van der Waals surface area contributed by atoms with Gasteiger partial charge in [0.25, 0.3) is 0 Å². The van der Waals surface area contributed by atoms with E-state index >= 15 is 0 Å². The molecule has 1 aromatic rings. The molecule has 0 aliphatic heterocycles. The van der Waals surface area contributed by atoms with Gasteiger partial charge in [-0.3, -0.25) is 0 Å². The van der Waals surface area contributed by atoms with Gasteiger partial charge in [0.1, 0.15) is 12.0 Å². The van der Waals surface area contributed by atoms with Crippen LogP contribution in [0, 0.1) is 0 Å². The van der Waals surface area contributed by atoms with Crippen LogP contribution in [0.1, 0.15) is 20.3 Å². The monoisotopic (exact) mass is 383 g/mol. The molecule has 0 radical (unpaired) electrons. The zero-order chi connectivity index (χ0) is 20.3. The molecule has 26 heavy (non-hydrogen) atoms. The summed E-state index contributed by atoms with van der Waals surface area (Å²) in [5.41, 5.74) is 1.50. The molecule has 0 aromatic carbocycles. The highest BCUT2D eigenvalue weighted by Crippen LogP contribution is 2.26. The maximum Gasteiger partial charge on any atom is 0.333 e. The highest BCUT2D eigenvalue weighted by molar-refractivity contribution is 7.31. The van der Waals surface area contributed by atoms with Crippen LogP contribution in [0.15, 0.2) is 42.2 Å². The van der Waals surface area contributed by atoms with E-state index in [0.717, 1.165) is 16.5 Å². The Hall–Kier alpha value is -2.04. The molecule has 0 amide bonds. The van der Waals surface area contributed by atoms with Gasteiger partial charge in [-0.25, -0.2) is 4.79 Å². The molecule has 0 bridgehead atoms. The van der Waals surface area contributed by atoms with Crippen molar-refractivity contribution in [3.8, 4) is 5.48 Å². The lowest BCUT2D eigenvalue weighted by Gasteiger charge is -2.29. The number of ether oxygens (including phenoxy) is 2. The van der Waals surface area contributed by atoms with Crippen molar-refractivity contribution in [2.24, 2.45) is 0 Å². The maximum atomic E-state index is 11.4. The minimum atomic E-state index is -1.19. The van der Waals surface area contributed by atoms with E-state index in [9.17, 15) is 14.7 Å². The summed E-state index contributed by atoms with van der Waals surface area (Å²) in [5, 5.41) is 9.49. The summed E-state index contributed by atoms with van der Waals surface area (Å²) in [6.45, 7) is 10.9. The van der Waals surface area contributed by atoms with E-state index in [0.29, 0.717) is 26.8 Å². The molecular weight excluding hydrogens is 353 g/mol. The lowest BCUT2D eigenvalue weighted by atomic mass is 10.2. The third kappa shape index (κ3) is 12.3. The topological polar surface area (TPSA) is 75.7 Å². The van der Waals surface area contributed by atoms with Gasteiger partial charge in [-0.05, 0) is 31.3 Å². The Balaban J connectivity index is 0.000000896. The molecule has 1 rings (SSSR count). The zero-order valence-electron chi connectivity index (χ0n) is 16.3. The van der Waals surface area contributed by atoms with Gasteiger partial charge in [0.15, 0.2) is 6.10 Å². The molecule has 2 atom stereocenters. The van der Waals surface area contributed by atoms with Crippen molar-refractivity contribution in [2.75, 3.05) is 34.3 Å². The largest absolute Gasteiger partial charge is 0.545 e. The standard InChI is InChI=1S/C15H25NO3P.C4H6O2/c1-12(2)15(17)18-9-8-13(11-16(3,4)5)19-14-7-6-10-20-14;1-3(2)4(5)6/h6-7,10,13,20H,1,8-9,11H2,2-5H3;1H2,2H3,(H,5,6)/q+1;/p-1. The van der Waals surface area contributed by atoms with Crippen LogP contribution >= 0.6 is 8.19 Å². The second-order valence-corrected chi connectivity index (χ2v) is 8.13. The number of aliphatic carboxylic acids is 1. The molecule has 1 aromatic heterocycles. The highest BCUT2D eigenvalue weighted by Gasteiger charge is 2.20. The maximum absolute atomic E-state index is 11.4. The summed E-state index contributed by atoms with van der Waals surface area (Å²) in [7, 11) is 6.98. The van der Waals surface area contributed by atoms with Crippen molar-refractivity contribution in [1.82, 2.24) is 0 Å². The van der Waals surface area contributed by atoms with Crippen LogP contribution in [0.3, 0.4) is 0 Å². The Morgan fingerprint density at radius 1 is 1.23 bits per heavy atom. The van der Waals surface area contributed by atoms with Gasteiger partial charge in [0, 0.05) is 12.0 Å². The summed E-state index contributed by atoms with van der Waals surface area (Å²) < 4.78 is 12.0. The van der Waals surface area contributed by atoms with Gasteiger partial charge in [0.05, 0.1) is 33.7 Å². The second kappa shape index (κ2) is 11.6. The van der Waals surface area contributed by atoms with E-state index in [1.54, 1.807) is 6.92 Å². The first-order valence-corrected chi connectivity index (χ1v) is 9.30. The number of quaternary nitrogens is 1. The number of carbonyl (C=O) groups excluding carboxylic acids is 2. The first-order chi connectivity index (χ1) is 11.9. The van der Waals surface area contributed by atoms with Gasteiger partial charge < -0.3 is 23.9 Å². The van der Waals surface area contributed by atoms with Crippen molar-refractivity contribution >= 4 is 20.1 Å².